The first kappa shape index (κ1) is 13.5. The zero-order chi connectivity index (χ0) is 12.8. The third-order valence-electron chi connectivity index (χ3n) is 3.61. The van der Waals surface area contributed by atoms with E-state index in [1.807, 2.05) is 12.3 Å². The van der Waals surface area contributed by atoms with Crippen molar-refractivity contribution >= 4 is 0 Å². The van der Waals surface area contributed by atoms with Crippen LogP contribution in [0.2, 0.25) is 0 Å². The van der Waals surface area contributed by atoms with Gasteiger partial charge in [0.25, 0.3) is 0 Å². The number of nitrogens with one attached hydrogen (secondary N) is 1. The second-order valence-corrected chi connectivity index (χ2v) is 5.23. The molecule has 0 amide bonds. The molecule has 18 heavy (non-hydrogen) atoms. The van der Waals surface area contributed by atoms with Crippen molar-refractivity contribution in [3.05, 3.63) is 30.1 Å². The van der Waals surface area contributed by atoms with Crippen molar-refractivity contribution in [1.82, 2.24) is 10.3 Å². The van der Waals surface area contributed by atoms with E-state index in [4.69, 9.17) is 4.74 Å². The molecule has 0 bridgehead atoms. The highest BCUT2D eigenvalue weighted by molar-refractivity contribution is 5.06. The maximum atomic E-state index is 5.70. The lowest BCUT2D eigenvalue weighted by molar-refractivity contribution is 0.116. The summed E-state index contributed by atoms with van der Waals surface area (Å²) in [6, 6.07) is 6.63. The molecule has 0 aliphatic carbocycles. The number of rotatable bonds is 6. The fourth-order valence-electron chi connectivity index (χ4n) is 2.61. The van der Waals surface area contributed by atoms with Crippen LogP contribution < -0.4 is 5.32 Å². The molecule has 3 nitrogen and oxygen atoms in total. The fraction of sp³-hybridized carbons (Fsp3) is 0.667. The molecule has 1 fully saturated rings. The van der Waals surface area contributed by atoms with E-state index in [1.54, 1.807) is 0 Å². The molecule has 0 saturated carbocycles. The lowest BCUT2D eigenvalue weighted by Gasteiger charge is -2.23. The normalized spacial score (nSPS) is 25.2. The molecule has 1 aliphatic heterocycles. The highest BCUT2D eigenvalue weighted by atomic mass is 16.5. The van der Waals surface area contributed by atoms with Crippen molar-refractivity contribution in [1.29, 1.82) is 0 Å². The number of aromatic nitrogens is 1. The summed E-state index contributed by atoms with van der Waals surface area (Å²) in [6.45, 7) is 6.33. The summed E-state index contributed by atoms with van der Waals surface area (Å²) >= 11 is 0. The van der Waals surface area contributed by atoms with Gasteiger partial charge < -0.3 is 10.1 Å². The van der Waals surface area contributed by atoms with Crippen LogP contribution in [-0.2, 0) is 11.2 Å². The molecule has 1 saturated heterocycles. The quantitative estimate of drug-likeness (QED) is 0.839. The summed E-state index contributed by atoms with van der Waals surface area (Å²) in [5, 5.41) is 3.66. The summed E-state index contributed by atoms with van der Waals surface area (Å²) in [4.78, 5) is 4.44. The predicted molar refractivity (Wildman–Crippen MR) is 73.5 cm³/mol. The maximum Gasteiger partial charge on any atom is 0.0551 e. The van der Waals surface area contributed by atoms with E-state index in [1.165, 1.54) is 12.1 Å². The van der Waals surface area contributed by atoms with E-state index in [9.17, 15) is 0 Å². The second kappa shape index (κ2) is 6.86. The fourth-order valence-corrected chi connectivity index (χ4v) is 2.61. The third-order valence-corrected chi connectivity index (χ3v) is 3.61. The topological polar surface area (TPSA) is 34.2 Å². The summed E-state index contributed by atoms with van der Waals surface area (Å²) in [5.41, 5.74) is 1.17. The summed E-state index contributed by atoms with van der Waals surface area (Å²) < 4.78 is 5.70. The maximum absolute atomic E-state index is 5.70. The minimum atomic E-state index is 0.407. The highest BCUT2D eigenvalue weighted by Gasteiger charge is 2.29. The number of hydrogen-bond donors (Lipinski definition) is 1. The zero-order valence-electron chi connectivity index (χ0n) is 11.4. The minimum absolute atomic E-state index is 0.407. The standard InChI is InChI=1S/C15H24N2O/c1-3-7-17-15(13-9-12(2)18-11-13)10-14-6-4-5-8-16-14/h4-6,8,12-13,15,17H,3,7,9-11H2,1-2H3. The van der Waals surface area contributed by atoms with Crippen LogP contribution in [0.4, 0.5) is 0 Å². The summed E-state index contributed by atoms with van der Waals surface area (Å²) in [5.74, 6) is 0.619. The molecule has 3 atom stereocenters. The number of ether oxygens (including phenoxy) is 1. The first-order valence-electron chi connectivity index (χ1n) is 7.04. The van der Waals surface area contributed by atoms with Gasteiger partial charge in [-0.05, 0) is 38.4 Å². The van der Waals surface area contributed by atoms with Crippen molar-refractivity contribution in [2.24, 2.45) is 5.92 Å². The SMILES string of the molecule is CCCNC(Cc1ccccn1)C1COC(C)C1. The molecule has 1 N–H and O–H groups in total. The molecule has 0 aromatic carbocycles. The van der Waals surface area contributed by atoms with E-state index in [0.717, 1.165) is 26.0 Å². The van der Waals surface area contributed by atoms with Crippen LogP contribution in [0.5, 0.6) is 0 Å². The Morgan fingerprint density at radius 1 is 1.50 bits per heavy atom. The van der Waals surface area contributed by atoms with Gasteiger partial charge in [-0.25, -0.2) is 0 Å². The molecule has 2 rings (SSSR count). The van der Waals surface area contributed by atoms with Gasteiger partial charge >= 0.3 is 0 Å². The van der Waals surface area contributed by atoms with Gasteiger partial charge in [0.1, 0.15) is 0 Å². The molecule has 0 radical (unpaired) electrons. The predicted octanol–water partition coefficient (Wildman–Crippen LogP) is 2.42. The molecule has 1 aliphatic rings. The Morgan fingerprint density at radius 2 is 2.39 bits per heavy atom. The van der Waals surface area contributed by atoms with E-state index in [2.05, 4.69) is 36.3 Å². The van der Waals surface area contributed by atoms with Gasteiger partial charge in [0, 0.05) is 30.3 Å². The molecule has 0 spiro atoms. The van der Waals surface area contributed by atoms with Gasteiger partial charge in [-0.15, -0.1) is 0 Å². The van der Waals surface area contributed by atoms with E-state index < -0.39 is 0 Å². The van der Waals surface area contributed by atoms with E-state index in [0.29, 0.717) is 18.1 Å². The molecule has 2 heterocycles. The Balaban J connectivity index is 1.96. The lowest BCUT2D eigenvalue weighted by atomic mass is 9.93. The van der Waals surface area contributed by atoms with Crippen LogP contribution in [0, 0.1) is 5.92 Å². The van der Waals surface area contributed by atoms with Crippen LogP contribution in [0.1, 0.15) is 32.4 Å². The average Bonchev–Trinajstić information content (AvgIpc) is 2.82. The van der Waals surface area contributed by atoms with Crippen molar-refractivity contribution in [3.8, 4) is 0 Å². The largest absolute Gasteiger partial charge is 0.378 e. The smallest absolute Gasteiger partial charge is 0.0551 e. The lowest BCUT2D eigenvalue weighted by Crippen LogP contribution is -2.39. The highest BCUT2D eigenvalue weighted by Crippen LogP contribution is 2.24. The van der Waals surface area contributed by atoms with Crippen molar-refractivity contribution in [3.63, 3.8) is 0 Å². The Bertz CT molecular complexity index is 342. The Kier molecular flexibility index (Phi) is 5.14. The monoisotopic (exact) mass is 248 g/mol. The van der Waals surface area contributed by atoms with Gasteiger partial charge in [0.05, 0.1) is 12.7 Å². The molecular weight excluding hydrogens is 224 g/mol. The van der Waals surface area contributed by atoms with Crippen LogP contribution in [0.15, 0.2) is 24.4 Å². The molecule has 100 valence electrons. The van der Waals surface area contributed by atoms with Crippen LogP contribution >= 0.6 is 0 Å². The minimum Gasteiger partial charge on any atom is -0.378 e. The van der Waals surface area contributed by atoms with E-state index >= 15 is 0 Å². The number of hydrogen-bond acceptors (Lipinski definition) is 3. The molecule has 3 unspecified atom stereocenters. The Morgan fingerprint density at radius 3 is 3.00 bits per heavy atom. The molecule has 1 aromatic rings. The molecule has 1 aromatic heterocycles. The number of pyridine rings is 1. The first-order valence-corrected chi connectivity index (χ1v) is 7.04. The summed E-state index contributed by atoms with van der Waals surface area (Å²) in [7, 11) is 0. The van der Waals surface area contributed by atoms with Crippen LogP contribution in [0.3, 0.4) is 0 Å². The van der Waals surface area contributed by atoms with Crippen molar-refractivity contribution in [2.75, 3.05) is 13.2 Å². The Hall–Kier alpha value is -0.930. The molecule has 3 heteroatoms. The third kappa shape index (κ3) is 3.79. The van der Waals surface area contributed by atoms with Crippen molar-refractivity contribution < 1.29 is 4.74 Å². The molecular formula is C15H24N2O. The number of nitrogens with zero attached hydrogens (tertiary/aromatic N) is 1. The van der Waals surface area contributed by atoms with Gasteiger partial charge in [-0.2, -0.15) is 0 Å². The Labute approximate surface area is 110 Å². The van der Waals surface area contributed by atoms with Crippen LogP contribution in [-0.4, -0.2) is 30.3 Å². The van der Waals surface area contributed by atoms with Gasteiger partial charge in [-0.1, -0.05) is 13.0 Å². The van der Waals surface area contributed by atoms with E-state index in [-0.39, 0.29) is 0 Å². The van der Waals surface area contributed by atoms with Crippen molar-refractivity contribution in [2.45, 2.75) is 45.3 Å². The first-order chi connectivity index (χ1) is 8.79. The average molecular weight is 248 g/mol. The van der Waals surface area contributed by atoms with Gasteiger partial charge in [-0.3, -0.25) is 4.98 Å². The summed E-state index contributed by atoms with van der Waals surface area (Å²) in [6.07, 6.45) is 5.61. The van der Waals surface area contributed by atoms with Gasteiger partial charge in [0.2, 0.25) is 0 Å². The van der Waals surface area contributed by atoms with Gasteiger partial charge in [0.15, 0.2) is 0 Å². The van der Waals surface area contributed by atoms with Crippen LogP contribution in [0.25, 0.3) is 0 Å². The zero-order valence-corrected chi connectivity index (χ0v) is 11.4. The second-order valence-electron chi connectivity index (χ2n) is 5.23.